The number of nitrogens with zero attached hydrogens (tertiary/aromatic N) is 5. The summed E-state index contributed by atoms with van der Waals surface area (Å²) in [6.07, 6.45) is 4.93. The lowest BCUT2D eigenvalue weighted by Gasteiger charge is -2.35. The fourth-order valence-electron chi connectivity index (χ4n) is 3.29. The molecule has 29 heavy (non-hydrogen) atoms. The van der Waals surface area contributed by atoms with Crippen LogP contribution in [-0.2, 0) is 0 Å². The van der Waals surface area contributed by atoms with Crippen LogP contribution in [0.3, 0.4) is 0 Å². The molecular weight excluding hydrogens is 381 g/mol. The van der Waals surface area contributed by atoms with Gasteiger partial charge >= 0.3 is 5.97 Å². The maximum atomic E-state index is 13.7. The topological polar surface area (TPSA) is 105 Å². The van der Waals surface area contributed by atoms with Gasteiger partial charge in [-0.25, -0.2) is 14.2 Å². The third-order valence-corrected chi connectivity index (χ3v) is 4.75. The van der Waals surface area contributed by atoms with Crippen LogP contribution in [0, 0.1) is 5.82 Å². The van der Waals surface area contributed by atoms with E-state index in [0.29, 0.717) is 31.7 Å². The molecule has 0 unspecified atom stereocenters. The minimum absolute atomic E-state index is 0.00521. The van der Waals surface area contributed by atoms with Gasteiger partial charge in [-0.2, -0.15) is 0 Å². The highest BCUT2D eigenvalue weighted by Gasteiger charge is 2.30. The molecule has 9 nitrogen and oxygen atoms in total. The zero-order valence-electron chi connectivity index (χ0n) is 15.6. The predicted octanol–water partition coefficient (Wildman–Crippen LogP) is 2.30. The highest BCUT2D eigenvalue weighted by molar-refractivity contribution is 5.99. The Morgan fingerprint density at radius 1 is 1.21 bits per heavy atom. The first kappa shape index (κ1) is 18.7. The van der Waals surface area contributed by atoms with Crippen molar-refractivity contribution < 1.29 is 23.6 Å². The molecule has 1 aromatic carbocycles. The molecule has 4 rings (SSSR count). The van der Waals surface area contributed by atoms with Crippen LogP contribution < -0.4 is 14.5 Å². The monoisotopic (exact) mass is 399 g/mol. The van der Waals surface area contributed by atoms with Crippen LogP contribution in [0.2, 0.25) is 0 Å². The molecule has 0 aliphatic carbocycles. The smallest absolute Gasteiger partial charge is 0.343 e. The van der Waals surface area contributed by atoms with Crippen molar-refractivity contribution in [3.63, 3.8) is 0 Å². The summed E-state index contributed by atoms with van der Waals surface area (Å²) in [6.45, 7) is 2.33. The van der Waals surface area contributed by atoms with E-state index < -0.39 is 11.8 Å². The van der Waals surface area contributed by atoms with Gasteiger partial charge in [0, 0.05) is 44.1 Å². The van der Waals surface area contributed by atoms with Gasteiger partial charge in [-0.05, 0) is 18.2 Å². The predicted molar refractivity (Wildman–Crippen MR) is 102 cm³/mol. The molecule has 0 bridgehead atoms. The minimum atomic E-state index is -1.17. The number of ether oxygens (including phenoxy) is 1. The third-order valence-electron chi connectivity index (χ3n) is 4.75. The van der Waals surface area contributed by atoms with E-state index in [9.17, 15) is 14.3 Å². The summed E-state index contributed by atoms with van der Waals surface area (Å²) in [4.78, 5) is 24.2. The average Bonchev–Trinajstić information content (AvgIpc) is 3.20. The van der Waals surface area contributed by atoms with Gasteiger partial charge in [0.05, 0.1) is 13.3 Å². The zero-order valence-corrected chi connectivity index (χ0v) is 15.6. The third kappa shape index (κ3) is 3.56. The SMILES string of the molecule is COc1cc(-c2onc(N3CCN(c4cnccn4)CC3)c2C(=O)O)ccc1F. The van der Waals surface area contributed by atoms with Crippen molar-refractivity contribution >= 4 is 17.6 Å². The van der Waals surface area contributed by atoms with Crippen LogP contribution in [0.1, 0.15) is 10.4 Å². The van der Waals surface area contributed by atoms with E-state index in [1.165, 1.54) is 25.3 Å². The lowest BCUT2D eigenvalue weighted by atomic mass is 10.1. The molecule has 0 saturated carbocycles. The number of benzene rings is 1. The van der Waals surface area contributed by atoms with E-state index in [1.807, 2.05) is 4.90 Å². The maximum Gasteiger partial charge on any atom is 0.343 e. The Kier molecular flexibility index (Phi) is 4.98. The molecule has 2 aromatic heterocycles. The molecule has 1 N–H and O–H groups in total. The summed E-state index contributed by atoms with van der Waals surface area (Å²) >= 11 is 0. The highest BCUT2D eigenvalue weighted by atomic mass is 19.1. The standard InChI is InChI=1S/C19H18FN5O4/c1-28-14-10-12(2-3-13(14)20)17-16(19(26)27)18(23-29-17)25-8-6-24(7-9-25)15-11-21-4-5-22-15/h2-5,10-11H,6-9H2,1H3,(H,26,27). The molecule has 1 fully saturated rings. The molecule has 0 spiro atoms. The normalized spacial score (nSPS) is 14.1. The zero-order chi connectivity index (χ0) is 20.4. The highest BCUT2D eigenvalue weighted by Crippen LogP contribution is 2.34. The first-order valence-electron chi connectivity index (χ1n) is 8.91. The number of carbonyl (C=O) groups is 1. The number of aromatic carboxylic acids is 1. The van der Waals surface area contributed by atoms with Crippen molar-refractivity contribution in [2.45, 2.75) is 0 Å². The maximum absolute atomic E-state index is 13.7. The van der Waals surface area contributed by atoms with Crippen LogP contribution in [0.15, 0.2) is 41.3 Å². The molecule has 1 saturated heterocycles. The summed E-state index contributed by atoms with van der Waals surface area (Å²) in [5.74, 6) is -0.653. The molecule has 3 aromatic rings. The number of carboxylic acid groups (broad SMARTS) is 1. The number of carboxylic acids is 1. The van der Waals surface area contributed by atoms with E-state index >= 15 is 0 Å². The number of piperazine rings is 1. The van der Waals surface area contributed by atoms with Crippen LogP contribution in [-0.4, -0.2) is 59.5 Å². The molecule has 0 atom stereocenters. The fourth-order valence-corrected chi connectivity index (χ4v) is 3.29. The van der Waals surface area contributed by atoms with E-state index in [-0.39, 0.29) is 22.9 Å². The first-order chi connectivity index (χ1) is 14.1. The molecule has 0 radical (unpaired) electrons. The largest absolute Gasteiger partial charge is 0.494 e. The Morgan fingerprint density at radius 3 is 2.62 bits per heavy atom. The second-order valence-corrected chi connectivity index (χ2v) is 6.40. The summed E-state index contributed by atoms with van der Waals surface area (Å²) in [6, 6.07) is 4.01. The van der Waals surface area contributed by atoms with Crippen LogP contribution in [0.4, 0.5) is 16.0 Å². The second-order valence-electron chi connectivity index (χ2n) is 6.40. The lowest BCUT2D eigenvalue weighted by Crippen LogP contribution is -2.47. The van der Waals surface area contributed by atoms with Gasteiger partial charge in [0.2, 0.25) is 0 Å². The average molecular weight is 399 g/mol. The molecule has 3 heterocycles. The lowest BCUT2D eigenvalue weighted by molar-refractivity contribution is 0.0697. The van der Waals surface area contributed by atoms with Gasteiger partial charge in [-0.15, -0.1) is 0 Å². The summed E-state index contributed by atoms with van der Waals surface area (Å²) < 4.78 is 24.0. The van der Waals surface area contributed by atoms with E-state index in [2.05, 4.69) is 20.0 Å². The minimum Gasteiger partial charge on any atom is -0.494 e. The number of rotatable bonds is 5. The Labute approximate surface area is 165 Å². The number of anilines is 2. The van der Waals surface area contributed by atoms with Crippen LogP contribution in [0.5, 0.6) is 5.75 Å². The Balaban J connectivity index is 1.60. The van der Waals surface area contributed by atoms with Crippen molar-refractivity contribution in [2.24, 2.45) is 0 Å². The van der Waals surface area contributed by atoms with Crippen LogP contribution >= 0.6 is 0 Å². The van der Waals surface area contributed by atoms with Crippen molar-refractivity contribution in [3.8, 4) is 17.1 Å². The van der Waals surface area contributed by atoms with Gasteiger partial charge in [0.1, 0.15) is 5.82 Å². The summed E-state index contributed by atoms with van der Waals surface area (Å²) in [5.41, 5.74) is 0.309. The second kappa shape index (κ2) is 7.74. The van der Waals surface area contributed by atoms with Crippen LogP contribution in [0.25, 0.3) is 11.3 Å². The first-order valence-corrected chi connectivity index (χ1v) is 8.91. The van der Waals surface area contributed by atoms with E-state index in [4.69, 9.17) is 9.26 Å². The quantitative estimate of drug-likeness (QED) is 0.692. The number of halogens is 1. The number of hydrogen-bond acceptors (Lipinski definition) is 8. The van der Waals surface area contributed by atoms with Gasteiger partial charge in [0.15, 0.2) is 28.7 Å². The fraction of sp³-hybridized carbons (Fsp3) is 0.263. The Hall–Kier alpha value is -3.69. The summed E-state index contributed by atoms with van der Waals surface area (Å²) in [7, 11) is 1.34. The number of aromatic nitrogens is 3. The van der Waals surface area contributed by atoms with Crippen molar-refractivity contribution in [2.75, 3.05) is 43.1 Å². The van der Waals surface area contributed by atoms with Gasteiger partial charge < -0.3 is 24.2 Å². The molecular formula is C19H18FN5O4. The van der Waals surface area contributed by atoms with Gasteiger partial charge in [0.25, 0.3) is 0 Å². The molecule has 10 heteroatoms. The van der Waals surface area contributed by atoms with Crippen molar-refractivity contribution in [1.29, 1.82) is 0 Å². The Bertz CT molecular complexity index is 1020. The van der Waals surface area contributed by atoms with Gasteiger partial charge in [-0.3, -0.25) is 4.98 Å². The molecule has 150 valence electrons. The van der Waals surface area contributed by atoms with E-state index in [1.54, 1.807) is 18.6 Å². The van der Waals surface area contributed by atoms with E-state index in [0.717, 1.165) is 5.82 Å². The van der Waals surface area contributed by atoms with Crippen molar-refractivity contribution in [3.05, 3.63) is 48.2 Å². The molecule has 0 amide bonds. The van der Waals surface area contributed by atoms with Crippen molar-refractivity contribution in [1.82, 2.24) is 15.1 Å². The Morgan fingerprint density at radius 2 is 1.97 bits per heavy atom. The summed E-state index contributed by atoms with van der Waals surface area (Å²) in [5, 5.41) is 13.8. The molecule has 1 aliphatic heterocycles. The van der Waals surface area contributed by atoms with Gasteiger partial charge in [-0.1, -0.05) is 5.16 Å². The number of methoxy groups -OCH3 is 1. The molecule has 1 aliphatic rings. The number of hydrogen-bond donors (Lipinski definition) is 1.